The summed E-state index contributed by atoms with van der Waals surface area (Å²) in [5.41, 5.74) is 1.29. The summed E-state index contributed by atoms with van der Waals surface area (Å²) < 4.78 is 0. The van der Waals surface area contributed by atoms with E-state index in [4.69, 9.17) is 0 Å². The molecule has 84 valence electrons. The Morgan fingerprint density at radius 2 is 1.88 bits per heavy atom. The zero-order chi connectivity index (χ0) is 11.1. The lowest BCUT2D eigenvalue weighted by atomic mass is 10.2. The smallest absolute Gasteiger partial charge is 0.222 e. The molecule has 16 heavy (non-hydrogen) atoms. The van der Waals surface area contributed by atoms with Crippen LogP contribution in [0.2, 0.25) is 0 Å². The van der Waals surface area contributed by atoms with Gasteiger partial charge in [-0.2, -0.15) is 0 Å². The van der Waals surface area contributed by atoms with E-state index in [1.54, 1.807) is 0 Å². The van der Waals surface area contributed by atoms with Gasteiger partial charge in [-0.05, 0) is 5.56 Å². The number of piperidine rings is 1. The molecule has 2 aliphatic rings. The molecule has 0 radical (unpaired) electrons. The molecule has 1 aromatic rings. The van der Waals surface area contributed by atoms with Gasteiger partial charge in [-0.1, -0.05) is 30.3 Å². The Balaban J connectivity index is 1.57. The van der Waals surface area contributed by atoms with Crippen molar-refractivity contribution in [1.29, 1.82) is 0 Å². The van der Waals surface area contributed by atoms with Gasteiger partial charge in [-0.3, -0.25) is 15.0 Å². The summed E-state index contributed by atoms with van der Waals surface area (Å²) >= 11 is 0. The highest BCUT2D eigenvalue weighted by atomic mass is 16.6. The Morgan fingerprint density at radius 3 is 2.44 bits per heavy atom. The number of likely N-dealkylation sites (tertiary alicyclic amines) is 1. The van der Waals surface area contributed by atoms with E-state index < -0.39 is 0 Å². The van der Waals surface area contributed by atoms with Crippen molar-refractivity contribution in [3.05, 3.63) is 46.0 Å². The van der Waals surface area contributed by atoms with E-state index in [1.807, 2.05) is 18.2 Å². The van der Waals surface area contributed by atoms with Crippen LogP contribution < -0.4 is 0 Å². The zero-order valence-electron chi connectivity index (χ0n) is 8.95. The van der Waals surface area contributed by atoms with Gasteiger partial charge in [0.15, 0.2) is 0 Å². The highest BCUT2D eigenvalue weighted by molar-refractivity contribution is 5.16. The second-order valence-corrected chi connectivity index (χ2v) is 4.78. The molecule has 1 aliphatic carbocycles. The van der Waals surface area contributed by atoms with Gasteiger partial charge in [0, 0.05) is 24.6 Å². The minimum Gasteiger partial charge on any atom is -0.298 e. The maximum absolute atomic E-state index is 10.6. The average Bonchev–Trinajstić information content (AvgIpc) is 2.79. The summed E-state index contributed by atoms with van der Waals surface area (Å²) in [6.45, 7) is 2.72. The number of nitrogens with zero attached hydrogens (tertiary/aromatic N) is 2. The predicted octanol–water partition coefficient (Wildman–Crippen LogP) is 1.39. The van der Waals surface area contributed by atoms with Gasteiger partial charge >= 0.3 is 0 Å². The van der Waals surface area contributed by atoms with Crippen molar-refractivity contribution in [3.63, 3.8) is 0 Å². The van der Waals surface area contributed by atoms with E-state index >= 15 is 0 Å². The molecule has 3 atom stereocenters. The lowest BCUT2D eigenvalue weighted by Crippen LogP contribution is -2.27. The molecule has 2 fully saturated rings. The first-order valence-electron chi connectivity index (χ1n) is 5.65. The second-order valence-electron chi connectivity index (χ2n) is 4.78. The van der Waals surface area contributed by atoms with Crippen LogP contribution in [-0.4, -0.2) is 29.0 Å². The molecule has 1 aromatic carbocycles. The van der Waals surface area contributed by atoms with E-state index in [0.29, 0.717) is 11.8 Å². The van der Waals surface area contributed by atoms with Gasteiger partial charge in [0.2, 0.25) is 6.04 Å². The van der Waals surface area contributed by atoms with Crippen molar-refractivity contribution in [1.82, 2.24) is 4.90 Å². The number of benzene rings is 1. The lowest BCUT2D eigenvalue weighted by molar-refractivity contribution is -0.502. The number of hydrogen-bond acceptors (Lipinski definition) is 3. The van der Waals surface area contributed by atoms with Crippen LogP contribution in [0.25, 0.3) is 0 Å². The number of fused-ring (bicyclic) bond motifs is 1. The largest absolute Gasteiger partial charge is 0.298 e. The van der Waals surface area contributed by atoms with Crippen LogP contribution in [0.3, 0.4) is 0 Å². The Hall–Kier alpha value is -1.42. The third-order valence-corrected chi connectivity index (χ3v) is 3.72. The first kappa shape index (κ1) is 9.78. The number of rotatable bonds is 3. The molecule has 0 spiro atoms. The third-order valence-electron chi connectivity index (χ3n) is 3.72. The standard InChI is InChI=1S/C12H14N2O2/c15-14(16)12-10-7-13(8-11(10)12)6-9-4-2-1-3-5-9/h1-5,10-12H,6-8H2/t10-,11?,12?/m1/s1. The summed E-state index contributed by atoms with van der Waals surface area (Å²) in [6, 6.07) is 10.0. The number of hydrogen-bond donors (Lipinski definition) is 0. The Bertz CT molecular complexity index is 395. The molecular weight excluding hydrogens is 204 g/mol. The van der Waals surface area contributed by atoms with Crippen LogP contribution in [0, 0.1) is 22.0 Å². The Kier molecular flexibility index (Phi) is 2.17. The average molecular weight is 218 g/mol. The monoisotopic (exact) mass is 218 g/mol. The molecule has 0 bridgehead atoms. The molecule has 1 aliphatic heterocycles. The van der Waals surface area contributed by atoms with Gasteiger partial charge in [-0.25, -0.2) is 0 Å². The van der Waals surface area contributed by atoms with Gasteiger partial charge in [-0.15, -0.1) is 0 Å². The summed E-state index contributed by atoms with van der Waals surface area (Å²) in [6.07, 6.45) is 0. The fourth-order valence-electron chi connectivity index (χ4n) is 2.87. The van der Waals surface area contributed by atoms with E-state index in [0.717, 1.165) is 19.6 Å². The molecule has 1 saturated carbocycles. The summed E-state index contributed by atoms with van der Waals surface area (Å²) in [4.78, 5) is 12.8. The van der Waals surface area contributed by atoms with Crippen molar-refractivity contribution in [2.24, 2.45) is 11.8 Å². The molecule has 4 nitrogen and oxygen atoms in total. The summed E-state index contributed by atoms with van der Waals surface area (Å²) in [7, 11) is 0. The highest BCUT2D eigenvalue weighted by Crippen LogP contribution is 2.47. The number of nitro groups is 1. The summed E-state index contributed by atoms with van der Waals surface area (Å²) in [5.74, 6) is 0.637. The zero-order valence-corrected chi connectivity index (χ0v) is 8.95. The maximum Gasteiger partial charge on any atom is 0.222 e. The second kappa shape index (κ2) is 3.56. The molecule has 1 saturated heterocycles. The van der Waals surface area contributed by atoms with E-state index in [2.05, 4.69) is 17.0 Å². The predicted molar refractivity (Wildman–Crippen MR) is 59.5 cm³/mol. The van der Waals surface area contributed by atoms with Crippen molar-refractivity contribution in [2.75, 3.05) is 13.1 Å². The molecule has 0 aromatic heterocycles. The quantitative estimate of drug-likeness (QED) is 0.569. The lowest BCUT2D eigenvalue weighted by Gasteiger charge is -2.17. The van der Waals surface area contributed by atoms with Gasteiger partial charge in [0.25, 0.3) is 0 Å². The minimum absolute atomic E-state index is 0.102. The van der Waals surface area contributed by atoms with E-state index in [9.17, 15) is 10.1 Å². The molecular formula is C12H14N2O2. The third kappa shape index (κ3) is 1.59. The molecule has 4 heteroatoms. The molecule has 1 heterocycles. The fraction of sp³-hybridized carbons (Fsp3) is 0.500. The summed E-state index contributed by atoms with van der Waals surface area (Å²) in [5, 5.41) is 10.6. The Morgan fingerprint density at radius 1 is 1.25 bits per heavy atom. The van der Waals surface area contributed by atoms with Crippen molar-refractivity contribution >= 4 is 0 Å². The van der Waals surface area contributed by atoms with Crippen molar-refractivity contribution < 1.29 is 4.92 Å². The van der Waals surface area contributed by atoms with Crippen LogP contribution in [0.4, 0.5) is 0 Å². The van der Waals surface area contributed by atoms with E-state index in [1.165, 1.54) is 5.56 Å². The Labute approximate surface area is 94.0 Å². The van der Waals surface area contributed by atoms with Gasteiger partial charge in [0.05, 0.1) is 11.8 Å². The van der Waals surface area contributed by atoms with Crippen molar-refractivity contribution in [2.45, 2.75) is 12.6 Å². The van der Waals surface area contributed by atoms with Gasteiger partial charge < -0.3 is 0 Å². The molecule has 0 N–H and O–H groups in total. The van der Waals surface area contributed by atoms with Crippen LogP contribution in [0.15, 0.2) is 30.3 Å². The first-order valence-corrected chi connectivity index (χ1v) is 5.65. The molecule has 0 amide bonds. The topological polar surface area (TPSA) is 46.4 Å². The molecule has 2 unspecified atom stereocenters. The van der Waals surface area contributed by atoms with E-state index in [-0.39, 0.29) is 11.0 Å². The minimum atomic E-state index is -0.243. The van der Waals surface area contributed by atoms with Crippen LogP contribution in [-0.2, 0) is 6.54 Å². The molecule has 3 rings (SSSR count). The fourth-order valence-corrected chi connectivity index (χ4v) is 2.87. The van der Waals surface area contributed by atoms with Crippen LogP contribution in [0.1, 0.15) is 5.56 Å². The van der Waals surface area contributed by atoms with Crippen molar-refractivity contribution in [3.8, 4) is 0 Å². The normalized spacial score (nSPS) is 32.4. The van der Waals surface area contributed by atoms with Crippen LogP contribution in [0.5, 0.6) is 0 Å². The van der Waals surface area contributed by atoms with Crippen LogP contribution >= 0.6 is 0 Å². The highest BCUT2D eigenvalue weighted by Gasteiger charge is 2.64. The maximum atomic E-state index is 10.6. The first-order chi connectivity index (χ1) is 7.75. The van der Waals surface area contributed by atoms with Gasteiger partial charge in [0.1, 0.15) is 0 Å². The SMILES string of the molecule is O=[N+]([O-])C1C2CN(Cc3ccccc3)C[C@H]21.